The number of aromatic carboxylic acids is 1. The molecule has 1 heterocycles. The summed E-state index contributed by atoms with van der Waals surface area (Å²) >= 11 is 0. The second-order valence-corrected chi connectivity index (χ2v) is 5.97. The number of phenols is 1. The van der Waals surface area contributed by atoms with E-state index in [2.05, 4.69) is 9.80 Å². The molecule has 1 aromatic rings. The van der Waals surface area contributed by atoms with E-state index in [0.717, 1.165) is 37.9 Å². The molecule has 21 heavy (non-hydrogen) atoms. The van der Waals surface area contributed by atoms with Crippen molar-refractivity contribution in [2.75, 3.05) is 31.1 Å². The topological polar surface area (TPSA) is 64.0 Å². The molecule has 0 amide bonds. The van der Waals surface area contributed by atoms with E-state index in [1.165, 1.54) is 31.7 Å². The summed E-state index contributed by atoms with van der Waals surface area (Å²) in [5, 5.41) is 18.7. The van der Waals surface area contributed by atoms with Gasteiger partial charge in [0.15, 0.2) is 0 Å². The Bertz CT molecular complexity index is 518. The van der Waals surface area contributed by atoms with Gasteiger partial charge in [-0.15, -0.1) is 0 Å². The number of carbonyl (C=O) groups is 1. The zero-order valence-electron chi connectivity index (χ0n) is 12.2. The van der Waals surface area contributed by atoms with Gasteiger partial charge in [-0.2, -0.15) is 0 Å². The first-order valence-corrected chi connectivity index (χ1v) is 7.70. The third-order valence-electron chi connectivity index (χ3n) is 4.73. The minimum Gasteiger partial charge on any atom is -0.507 e. The maximum atomic E-state index is 11.1. The van der Waals surface area contributed by atoms with Gasteiger partial charge in [-0.05, 0) is 31.0 Å². The molecular formula is C16H22N2O3. The lowest BCUT2D eigenvalue weighted by Crippen LogP contribution is -2.49. The normalized spacial score (nSPS) is 20.9. The van der Waals surface area contributed by atoms with E-state index in [4.69, 9.17) is 5.11 Å². The maximum absolute atomic E-state index is 11.1. The van der Waals surface area contributed by atoms with Gasteiger partial charge in [0.1, 0.15) is 11.3 Å². The molecule has 5 nitrogen and oxygen atoms in total. The molecule has 0 aromatic heterocycles. The first kappa shape index (κ1) is 14.2. The predicted molar refractivity (Wildman–Crippen MR) is 81.1 cm³/mol. The van der Waals surface area contributed by atoms with Crippen LogP contribution in [0.2, 0.25) is 0 Å². The number of anilines is 1. The van der Waals surface area contributed by atoms with Gasteiger partial charge in [-0.25, -0.2) is 4.79 Å². The second-order valence-electron chi connectivity index (χ2n) is 5.97. The first-order chi connectivity index (χ1) is 10.1. The number of hydrogen-bond acceptors (Lipinski definition) is 4. The van der Waals surface area contributed by atoms with E-state index in [-0.39, 0.29) is 11.3 Å². The van der Waals surface area contributed by atoms with Gasteiger partial charge in [0.25, 0.3) is 0 Å². The second kappa shape index (κ2) is 5.93. The summed E-state index contributed by atoms with van der Waals surface area (Å²) in [6, 6.07) is 5.60. The van der Waals surface area contributed by atoms with Crippen LogP contribution in [0.25, 0.3) is 0 Å². The molecule has 0 radical (unpaired) electrons. The number of rotatable bonds is 3. The molecule has 0 atom stereocenters. The summed E-state index contributed by atoms with van der Waals surface area (Å²) in [5.41, 5.74) is 0.863. The molecule has 0 spiro atoms. The molecule has 1 saturated carbocycles. The van der Waals surface area contributed by atoms with Crippen molar-refractivity contribution in [3.8, 4) is 5.75 Å². The number of hydrogen-bond donors (Lipinski definition) is 2. The lowest BCUT2D eigenvalue weighted by molar-refractivity contribution is 0.0694. The minimum atomic E-state index is -1.08. The molecule has 2 N–H and O–H groups in total. The molecule has 0 bridgehead atoms. The minimum absolute atomic E-state index is 0.0225. The van der Waals surface area contributed by atoms with Crippen LogP contribution < -0.4 is 4.90 Å². The number of piperazine rings is 1. The summed E-state index contributed by atoms with van der Waals surface area (Å²) < 4.78 is 0. The lowest BCUT2D eigenvalue weighted by Gasteiger charge is -2.39. The monoisotopic (exact) mass is 290 g/mol. The van der Waals surface area contributed by atoms with E-state index < -0.39 is 5.97 Å². The summed E-state index contributed by atoms with van der Waals surface area (Å²) in [4.78, 5) is 15.9. The summed E-state index contributed by atoms with van der Waals surface area (Å²) in [6.45, 7) is 3.91. The average Bonchev–Trinajstić information content (AvgIpc) is 3.02. The number of benzene rings is 1. The van der Waals surface area contributed by atoms with Crippen LogP contribution in [0.1, 0.15) is 36.0 Å². The van der Waals surface area contributed by atoms with Crippen LogP contribution in [0.4, 0.5) is 5.69 Å². The van der Waals surface area contributed by atoms with Crippen LogP contribution in [-0.4, -0.2) is 53.3 Å². The number of aromatic hydroxyl groups is 1. The standard InChI is InChI=1S/C16H22N2O3/c19-15-6-5-13(11-14(15)16(20)21)18-9-7-17(8-10-18)12-3-1-2-4-12/h5-6,11-12,19H,1-4,7-10H2,(H,20,21). The van der Waals surface area contributed by atoms with Gasteiger partial charge in [0.2, 0.25) is 0 Å². The van der Waals surface area contributed by atoms with Crippen LogP contribution in [0.5, 0.6) is 5.75 Å². The molecule has 1 saturated heterocycles. The highest BCUT2D eigenvalue weighted by molar-refractivity contribution is 5.92. The van der Waals surface area contributed by atoms with Gasteiger partial charge < -0.3 is 15.1 Å². The molecule has 114 valence electrons. The fourth-order valence-corrected chi connectivity index (χ4v) is 3.51. The van der Waals surface area contributed by atoms with E-state index in [0.29, 0.717) is 0 Å². The molecule has 1 aliphatic carbocycles. The highest BCUT2D eigenvalue weighted by Crippen LogP contribution is 2.27. The Morgan fingerprint density at radius 2 is 1.76 bits per heavy atom. The highest BCUT2D eigenvalue weighted by atomic mass is 16.4. The zero-order chi connectivity index (χ0) is 14.8. The third kappa shape index (κ3) is 2.97. The predicted octanol–water partition coefficient (Wildman–Crippen LogP) is 2.16. The van der Waals surface area contributed by atoms with E-state index in [9.17, 15) is 9.90 Å². The van der Waals surface area contributed by atoms with Gasteiger partial charge in [0.05, 0.1) is 0 Å². The number of carboxylic acid groups (broad SMARTS) is 1. The summed E-state index contributed by atoms with van der Waals surface area (Å²) in [5.74, 6) is -1.25. The summed E-state index contributed by atoms with van der Waals surface area (Å²) in [6.07, 6.45) is 5.35. The van der Waals surface area contributed by atoms with Crippen LogP contribution in [-0.2, 0) is 0 Å². The van der Waals surface area contributed by atoms with Crippen LogP contribution in [0, 0.1) is 0 Å². The van der Waals surface area contributed by atoms with Gasteiger partial charge >= 0.3 is 5.97 Å². The van der Waals surface area contributed by atoms with Crippen molar-refractivity contribution in [3.05, 3.63) is 23.8 Å². The van der Waals surface area contributed by atoms with Crippen molar-refractivity contribution in [1.82, 2.24) is 4.90 Å². The van der Waals surface area contributed by atoms with Crippen LogP contribution in [0.15, 0.2) is 18.2 Å². The summed E-state index contributed by atoms with van der Waals surface area (Å²) in [7, 11) is 0. The van der Waals surface area contributed by atoms with E-state index in [1.807, 2.05) is 0 Å². The number of carboxylic acids is 1. The van der Waals surface area contributed by atoms with Gasteiger partial charge in [0, 0.05) is 37.9 Å². The van der Waals surface area contributed by atoms with Crippen LogP contribution in [0.3, 0.4) is 0 Å². The maximum Gasteiger partial charge on any atom is 0.339 e. The lowest BCUT2D eigenvalue weighted by atomic mass is 10.1. The Hall–Kier alpha value is -1.75. The average molecular weight is 290 g/mol. The Balaban J connectivity index is 1.66. The molecule has 0 unspecified atom stereocenters. The number of nitrogens with zero attached hydrogens (tertiary/aromatic N) is 2. The zero-order valence-corrected chi connectivity index (χ0v) is 12.2. The Labute approximate surface area is 124 Å². The molecule has 3 rings (SSSR count). The van der Waals surface area contributed by atoms with Crippen molar-refractivity contribution in [2.24, 2.45) is 0 Å². The van der Waals surface area contributed by atoms with E-state index in [1.54, 1.807) is 12.1 Å². The molecule has 1 aromatic carbocycles. The Morgan fingerprint density at radius 1 is 1.10 bits per heavy atom. The van der Waals surface area contributed by atoms with Gasteiger partial charge in [-0.1, -0.05) is 12.8 Å². The molecule has 2 fully saturated rings. The Kier molecular flexibility index (Phi) is 4.01. The van der Waals surface area contributed by atoms with Crippen molar-refractivity contribution < 1.29 is 15.0 Å². The first-order valence-electron chi connectivity index (χ1n) is 7.70. The largest absolute Gasteiger partial charge is 0.507 e. The van der Waals surface area contributed by atoms with Crippen molar-refractivity contribution in [3.63, 3.8) is 0 Å². The van der Waals surface area contributed by atoms with Crippen molar-refractivity contribution >= 4 is 11.7 Å². The fraction of sp³-hybridized carbons (Fsp3) is 0.562. The van der Waals surface area contributed by atoms with Gasteiger partial charge in [-0.3, -0.25) is 4.90 Å². The highest BCUT2D eigenvalue weighted by Gasteiger charge is 2.26. The molecule has 5 heteroatoms. The van der Waals surface area contributed by atoms with Crippen LogP contribution >= 0.6 is 0 Å². The smallest absolute Gasteiger partial charge is 0.339 e. The Morgan fingerprint density at radius 3 is 2.38 bits per heavy atom. The molecule has 1 aliphatic heterocycles. The van der Waals surface area contributed by atoms with E-state index >= 15 is 0 Å². The fourth-order valence-electron chi connectivity index (χ4n) is 3.51. The quantitative estimate of drug-likeness (QED) is 0.893. The third-order valence-corrected chi connectivity index (χ3v) is 4.73. The molecule has 2 aliphatic rings. The van der Waals surface area contributed by atoms with Crippen molar-refractivity contribution in [1.29, 1.82) is 0 Å². The van der Waals surface area contributed by atoms with Crippen molar-refractivity contribution in [2.45, 2.75) is 31.7 Å². The molecular weight excluding hydrogens is 268 g/mol. The SMILES string of the molecule is O=C(O)c1cc(N2CCN(C3CCCC3)CC2)ccc1O.